The van der Waals surface area contributed by atoms with E-state index in [-0.39, 0.29) is 10.6 Å². The van der Waals surface area contributed by atoms with Crippen LogP contribution in [0.1, 0.15) is 0 Å². The van der Waals surface area contributed by atoms with Gasteiger partial charge in [0.1, 0.15) is 4.90 Å². The molecule has 3 aromatic rings. The van der Waals surface area contributed by atoms with Crippen LogP contribution >= 0.6 is 15.9 Å². The second-order valence-electron chi connectivity index (χ2n) is 4.42. The first-order valence-corrected chi connectivity index (χ1v) is 8.25. The fraction of sp³-hybridized carbons (Fsp3) is 0. The third kappa shape index (κ3) is 2.59. The van der Waals surface area contributed by atoms with Gasteiger partial charge in [0.25, 0.3) is 10.0 Å². The Kier molecular flexibility index (Phi) is 3.34. The third-order valence-corrected chi connectivity index (χ3v) is 4.91. The molecule has 0 spiro atoms. The van der Waals surface area contributed by atoms with Crippen molar-refractivity contribution in [2.75, 3.05) is 10.5 Å². The lowest BCUT2D eigenvalue weighted by Gasteiger charge is -2.11. The number of nitrogens with zero attached hydrogens (tertiary/aromatic N) is 1. The minimum absolute atomic E-state index is 0.0253. The second kappa shape index (κ2) is 5.05. The molecule has 108 valence electrons. The molecule has 0 aliphatic rings. The van der Waals surface area contributed by atoms with Crippen LogP contribution in [0.3, 0.4) is 0 Å². The molecule has 1 aromatic heterocycles. The molecular weight excluding hydrogens is 356 g/mol. The molecule has 0 radical (unpaired) electrons. The second-order valence-corrected chi connectivity index (χ2v) is 6.99. The van der Waals surface area contributed by atoms with Crippen molar-refractivity contribution in [3.05, 3.63) is 47.1 Å². The summed E-state index contributed by atoms with van der Waals surface area (Å²) in [6.07, 6.45) is 1.57. The number of H-pyrrole nitrogens is 1. The molecule has 0 atom stereocenters. The number of hydrogen-bond acceptors (Lipinski definition) is 4. The molecule has 2 aromatic carbocycles. The fourth-order valence-electron chi connectivity index (χ4n) is 2.00. The van der Waals surface area contributed by atoms with Crippen molar-refractivity contribution >= 4 is 48.2 Å². The van der Waals surface area contributed by atoms with Crippen LogP contribution in [0.4, 0.5) is 11.4 Å². The molecule has 4 N–H and O–H groups in total. The SMILES string of the molecule is Nc1ccc(Br)cc1S(=O)(=O)Nc1cccc2[nH]ncc12. The number of anilines is 2. The Hall–Kier alpha value is -2.06. The van der Waals surface area contributed by atoms with Gasteiger partial charge in [0.15, 0.2) is 0 Å². The molecule has 21 heavy (non-hydrogen) atoms. The predicted molar refractivity (Wildman–Crippen MR) is 85.5 cm³/mol. The molecule has 0 amide bonds. The summed E-state index contributed by atoms with van der Waals surface area (Å²) >= 11 is 3.25. The molecule has 0 unspecified atom stereocenters. The number of halogens is 1. The van der Waals surface area contributed by atoms with Crippen molar-refractivity contribution in [1.82, 2.24) is 10.2 Å². The van der Waals surface area contributed by atoms with E-state index in [1.165, 1.54) is 12.1 Å². The van der Waals surface area contributed by atoms with Gasteiger partial charge in [0, 0.05) is 9.86 Å². The molecule has 0 saturated carbocycles. The van der Waals surface area contributed by atoms with Gasteiger partial charge >= 0.3 is 0 Å². The number of hydrogen-bond donors (Lipinski definition) is 3. The first kappa shape index (κ1) is 13.9. The van der Waals surface area contributed by atoms with E-state index in [4.69, 9.17) is 5.73 Å². The largest absolute Gasteiger partial charge is 0.398 e. The summed E-state index contributed by atoms with van der Waals surface area (Å²) in [5.74, 6) is 0. The average Bonchev–Trinajstić information content (AvgIpc) is 2.90. The summed E-state index contributed by atoms with van der Waals surface area (Å²) < 4.78 is 28.2. The summed E-state index contributed by atoms with van der Waals surface area (Å²) in [6.45, 7) is 0. The van der Waals surface area contributed by atoms with Crippen LogP contribution in [0.5, 0.6) is 0 Å². The molecular formula is C13H11BrN4O2S. The minimum Gasteiger partial charge on any atom is -0.398 e. The van der Waals surface area contributed by atoms with E-state index in [1.807, 2.05) is 6.07 Å². The van der Waals surface area contributed by atoms with Gasteiger partial charge in [-0.1, -0.05) is 22.0 Å². The Morgan fingerprint density at radius 3 is 2.86 bits per heavy atom. The fourth-order valence-corrected chi connectivity index (χ4v) is 3.75. The summed E-state index contributed by atoms with van der Waals surface area (Å²) in [5.41, 5.74) is 7.14. The molecule has 1 heterocycles. The first-order chi connectivity index (χ1) is 9.97. The van der Waals surface area contributed by atoms with E-state index < -0.39 is 10.0 Å². The Labute approximate surface area is 129 Å². The maximum absolute atomic E-state index is 12.5. The number of aromatic amines is 1. The maximum Gasteiger partial charge on any atom is 0.264 e. The van der Waals surface area contributed by atoms with Gasteiger partial charge in [-0.15, -0.1) is 0 Å². The smallest absolute Gasteiger partial charge is 0.264 e. The maximum atomic E-state index is 12.5. The van der Waals surface area contributed by atoms with Crippen LogP contribution in [0.15, 0.2) is 52.0 Å². The van der Waals surface area contributed by atoms with Gasteiger partial charge in [-0.2, -0.15) is 5.10 Å². The lowest BCUT2D eigenvalue weighted by atomic mass is 10.2. The number of nitrogens with two attached hydrogens (primary N) is 1. The van der Waals surface area contributed by atoms with Crippen LogP contribution in [0, 0.1) is 0 Å². The number of aromatic nitrogens is 2. The van der Waals surface area contributed by atoms with Crippen molar-refractivity contribution < 1.29 is 8.42 Å². The zero-order valence-electron chi connectivity index (χ0n) is 10.7. The van der Waals surface area contributed by atoms with Crippen molar-refractivity contribution in [2.24, 2.45) is 0 Å². The molecule has 0 aliphatic heterocycles. The summed E-state index contributed by atoms with van der Waals surface area (Å²) in [4.78, 5) is 0.0253. The topological polar surface area (TPSA) is 101 Å². The van der Waals surface area contributed by atoms with E-state index in [9.17, 15) is 8.42 Å². The number of nitrogens with one attached hydrogen (secondary N) is 2. The molecule has 0 saturated heterocycles. The number of benzene rings is 2. The van der Waals surface area contributed by atoms with E-state index in [0.717, 1.165) is 5.52 Å². The minimum atomic E-state index is -3.78. The lowest BCUT2D eigenvalue weighted by molar-refractivity contribution is 0.601. The van der Waals surface area contributed by atoms with E-state index in [2.05, 4.69) is 30.8 Å². The standard InChI is InChI=1S/C13H11BrN4O2S/c14-8-4-5-10(15)13(6-8)21(19,20)18-12-3-1-2-11-9(12)7-16-17-11/h1-7,18H,15H2,(H,16,17). The Morgan fingerprint density at radius 2 is 2.05 bits per heavy atom. The van der Waals surface area contributed by atoms with Gasteiger partial charge in [-0.05, 0) is 30.3 Å². The van der Waals surface area contributed by atoms with Crippen LogP contribution < -0.4 is 10.5 Å². The summed E-state index contributed by atoms with van der Waals surface area (Å²) in [6, 6.07) is 9.91. The highest BCUT2D eigenvalue weighted by molar-refractivity contribution is 9.10. The van der Waals surface area contributed by atoms with E-state index >= 15 is 0 Å². The normalized spacial score (nSPS) is 11.7. The summed E-state index contributed by atoms with van der Waals surface area (Å²) in [7, 11) is -3.78. The molecule has 0 aliphatic carbocycles. The quantitative estimate of drug-likeness (QED) is 0.620. The van der Waals surface area contributed by atoms with Crippen molar-refractivity contribution in [2.45, 2.75) is 4.90 Å². The van der Waals surface area contributed by atoms with Crippen molar-refractivity contribution in [3.8, 4) is 0 Å². The highest BCUT2D eigenvalue weighted by Crippen LogP contribution is 2.28. The van der Waals surface area contributed by atoms with Crippen LogP contribution in [0.25, 0.3) is 10.9 Å². The van der Waals surface area contributed by atoms with E-state index in [1.54, 1.807) is 24.4 Å². The van der Waals surface area contributed by atoms with Crippen molar-refractivity contribution in [1.29, 1.82) is 0 Å². The lowest BCUT2D eigenvalue weighted by Crippen LogP contribution is -2.15. The van der Waals surface area contributed by atoms with Gasteiger partial charge < -0.3 is 5.73 Å². The van der Waals surface area contributed by atoms with Crippen LogP contribution in [-0.2, 0) is 10.0 Å². The Morgan fingerprint density at radius 1 is 1.24 bits per heavy atom. The van der Waals surface area contributed by atoms with Gasteiger partial charge in [-0.25, -0.2) is 8.42 Å². The highest BCUT2D eigenvalue weighted by atomic mass is 79.9. The van der Waals surface area contributed by atoms with Gasteiger partial charge in [-0.3, -0.25) is 9.82 Å². The number of nitrogen functional groups attached to an aromatic ring is 1. The van der Waals surface area contributed by atoms with Gasteiger partial charge in [0.05, 0.1) is 23.1 Å². The summed E-state index contributed by atoms with van der Waals surface area (Å²) in [5, 5.41) is 7.38. The van der Waals surface area contributed by atoms with Crippen molar-refractivity contribution in [3.63, 3.8) is 0 Å². The first-order valence-electron chi connectivity index (χ1n) is 5.97. The number of sulfonamides is 1. The molecule has 0 fully saturated rings. The molecule has 8 heteroatoms. The highest BCUT2D eigenvalue weighted by Gasteiger charge is 2.19. The monoisotopic (exact) mass is 366 g/mol. The average molecular weight is 367 g/mol. The molecule has 0 bridgehead atoms. The Bertz CT molecular complexity index is 921. The predicted octanol–water partition coefficient (Wildman–Crippen LogP) is 2.71. The number of fused-ring (bicyclic) bond motifs is 1. The third-order valence-electron chi connectivity index (χ3n) is 2.99. The zero-order valence-corrected chi connectivity index (χ0v) is 13.1. The van der Waals surface area contributed by atoms with Crippen LogP contribution in [-0.4, -0.2) is 18.6 Å². The zero-order chi connectivity index (χ0) is 15.0. The number of rotatable bonds is 3. The Balaban J connectivity index is 2.08. The van der Waals surface area contributed by atoms with Gasteiger partial charge in [0.2, 0.25) is 0 Å². The van der Waals surface area contributed by atoms with Crippen LogP contribution in [0.2, 0.25) is 0 Å². The van der Waals surface area contributed by atoms with E-state index in [0.29, 0.717) is 15.5 Å². The molecule has 3 rings (SSSR count). The molecule has 6 nitrogen and oxygen atoms in total.